The summed E-state index contributed by atoms with van der Waals surface area (Å²) in [5.41, 5.74) is 4.04. The number of benzene rings is 2. The molecule has 152 valence electrons. The molecule has 0 N–H and O–H groups in total. The molecule has 0 fully saturated rings. The van der Waals surface area contributed by atoms with Crippen molar-refractivity contribution in [2.75, 3.05) is 0 Å². The SMILES string of the molecule is Cc1ccc(-n2c(SCc3nc(-c4ccccc4)no3)nnc2-c2ccncc2)cc1. The van der Waals surface area contributed by atoms with Crippen molar-refractivity contribution in [3.8, 4) is 28.5 Å². The monoisotopic (exact) mass is 426 g/mol. The number of hydrogen-bond acceptors (Lipinski definition) is 7. The summed E-state index contributed by atoms with van der Waals surface area (Å²) < 4.78 is 7.48. The van der Waals surface area contributed by atoms with E-state index < -0.39 is 0 Å². The minimum Gasteiger partial charge on any atom is -0.338 e. The molecule has 0 atom stereocenters. The van der Waals surface area contributed by atoms with Gasteiger partial charge in [-0.25, -0.2) is 0 Å². The quantitative estimate of drug-likeness (QED) is 0.354. The molecule has 0 unspecified atom stereocenters. The normalized spacial score (nSPS) is 11.0. The van der Waals surface area contributed by atoms with E-state index in [1.807, 2.05) is 47.0 Å². The van der Waals surface area contributed by atoms with E-state index in [1.165, 1.54) is 17.3 Å². The van der Waals surface area contributed by atoms with Gasteiger partial charge in [-0.3, -0.25) is 9.55 Å². The van der Waals surface area contributed by atoms with E-state index >= 15 is 0 Å². The summed E-state index contributed by atoms with van der Waals surface area (Å²) in [6.07, 6.45) is 3.50. The summed E-state index contributed by atoms with van der Waals surface area (Å²) in [6.45, 7) is 2.06. The molecule has 3 heterocycles. The molecule has 0 saturated carbocycles. The van der Waals surface area contributed by atoms with Crippen LogP contribution in [-0.2, 0) is 5.75 Å². The Kier molecular flexibility index (Phi) is 5.28. The molecule has 5 aromatic rings. The van der Waals surface area contributed by atoms with Gasteiger partial charge in [-0.05, 0) is 31.2 Å². The lowest BCUT2D eigenvalue weighted by molar-refractivity contribution is 0.391. The maximum atomic E-state index is 5.45. The highest BCUT2D eigenvalue weighted by Gasteiger charge is 2.18. The van der Waals surface area contributed by atoms with E-state index in [-0.39, 0.29) is 0 Å². The Hall–Kier alpha value is -3.78. The van der Waals surface area contributed by atoms with Crippen LogP contribution >= 0.6 is 11.8 Å². The van der Waals surface area contributed by atoms with Gasteiger partial charge < -0.3 is 4.52 Å². The summed E-state index contributed by atoms with van der Waals surface area (Å²) in [6, 6.07) is 21.9. The first kappa shape index (κ1) is 19.2. The van der Waals surface area contributed by atoms with Gasteiger partial charge in [-0.2, -0.15) is 4.98 Å². The topological polar surface area (TPSA) is 82.5 Å². The predicted molar refractivity (Wildman–Crippen MR) is 119 cm³/mol. The zero-order valence-corrected chi connectivity index (χ0v) is 17.5. The van der Waals surface area contributed by atoms with Gasteiger partial charge >= 0.3 is 0 Å². The van der Waals surface area contributed by atoms with Gasteiger partial charge in [0.2, 0.25) is 11.7 Å². The number of pyridine rings is 1. The molecule has 8 heteroatoms. The molecule has 0 saturated heterocycles. The van der Waals surface area contributed by atoms with Crippen LogP contribution in [0.5, 0.6) is 0 Å². The molecule has 7 nitrogen and oxygen atoms in total. The average molecular weight is 427 g/mol. The van der Waals surface area contributed by atoms with Crippen molar-refractivity contribution in [1.29, 1.82) is 0 Å². The fourth-order valence-electron chi connectivity index (χ4n) is 3.12. The van der Waals surface area contributed by atoms with Crippen molar-refractivity contribution in [3.05, 3.63) is 90.6 Å². The second kappa shape index (κ2) is 8.53. The van der Waals surface area contributed by atoms with Crippen LogP contribution in [0.25, 0.3) is 28.5 Å². The highest BCUT2D eigenvalue weighted by molar-refractivity contribution is 7.98. The van der Waals surface area contributed by atoms with E-state index in [2.05, 4.69) is 56.5 Å². The highest BCUT2D eigenvalue weighted by Crippen LogP contribution is 2.29. The summed E-state index contributed by atoms with van der Waals surface area (Å²) >= 11 is 1.50. The van der Waals surface area contributed by atoms with Gasteiger partial charge in [0.1, 0.15) is 0 Å². The summed E-state index contributed by atoms with van der Waals surface area (Å²) in [7, 11) is 0. The van der Waals surface area contributed by atoms with Crippen LogP contribution in [0.1, 0.15) is 11.5 Å². The van der Waals surface area contributed by atoms with Gasteiger partial charge in [0, 0.05) is 29.2 Å². The van der Waals surface area contributed by atoms with Crippen LogP contribution in [0.4, 0.5) is 0 Å². The number of aryl methyl sites for hydroxylation is 1. The van der Waals surface area contributed by atoms with Gasteiger partial charge in [0.05, 0.1) is 5.75 Å². The predicted octanol–water partition coefficient (Wildman–Crippen LogP) is 4.98. The van der Waals surface area contributed by atoms with Crippen LogP contribution in [0.3, 0.4) is 0 Å². The summed E-state index contributed by atoms with van der Waals surface area (Å²) in [5.74, 6) is 2.35. The first-order valence-electron chi connectivity index (χ1n) is 9.71. The lowest BCUT2D eigenvalue weighted by Gasteiger charge is -2.10. The molecular weight excluding hydrogens is 408 g/mol. The Labute approximate surface area is 183 Å². The van der Waals surface area contributed by atoms with Crippen molar-refractivity contribution in [1.82, 2.24) is 29.9 Å². The van der Waals surface area contributed by atoms with Crippen LogP contribution in [0, 0.1) is 6.92 Å². The van der Waals surface area contributed by atoms with Gasteiger partial charge in [0.15, 0.2) is 11.0 Å². The lowest BCUT2D eigenvalue weighted by Crippen LogP contribution is -2.00. The largest absolute Gasteiger partial charge is 0.338 e. The molecule has 0 spiro atoms. The molecule has 5 rings (SSSR count). The first-order chi connectivity index (χ1) is 15.3. The summed E-state index contributed by atoms with van der Waals surface area (Å²) in [4.78, 5) is 8.61. The Bertz CT molecular complexity index is 1280. The number of rotatable bonds is 6. The molecule has 0 amide bonds. The van der Waals surface area contributed by atoms with Crippen molar-refractivity contribution >= 4 is 11.8 Å². The van der Waals surface area contributed by atoms with Gasteiger partial charge in [-0.15, -0.1) is 10.2 Å². The Balaban J connectivity index is 1.45. The standard InChI is InChI=1S/C23H18N6OS/c1-16-7-9-19(10-8-16)29-22(18-11-13-24-14-12-18)26-27-23(29)31-15-20-25-21(28-30-20)17-5-3-2-4-6-17/h2-14H,15H2,1H3. The third kappa shape index (κ3) is 4.10. The second-order valence-corrected chi connectivity index (χ2v) is 7.82. The second-order valence-electron chi connectivity index (χ2n) is 6.88. The van der Waals surface area contributed by atoms with E-state index in [9.17, 15) is 0 Å². The number of aromatic nitrogens is 6. The zero-order valence-electron chi connectivity index (χ0n) is 16.7. The Morgan fingerprint density at radius 1 is 0.871 bits per heavy atom. The van der Waals surface area contributed by atoms with Crippen molar-refractivity contribution in [2.45, 2.75) is 17.8 Å². The van der Waals surface area contributed by atoms with Crippen molar-refractivity contribution in [2.24, 2.45) is 0 Å². The molecule has 31 heavy (non-hydrogen) atoms. The molecule has 0 bridgehead atoms. The highest BCUT2D eigenvalue weighted by atomic mass is 32.2. The number of nitrogens with zero attached hydrogens (tertiary/aromatic N) is 6. The summed E-state index contributed by atoms with van der Waals surface area (Å²) in [5, 5.41) is 13.7. The average Bonchev–Trinajstić information content (AvgIpc) is 3.47. The van der Waals surface area contributed by atoms with E-state index in [1.54, 1.807) is 12.4 Å². The third-order valence-electron chi connectivity index (χ3n) is 4.69. The molecule has 0 aliphatic heterocycles. The molecule has 3 aromatic heterocycles. The fraction of sp³-hybridized carbons (Fsp3) is 0.0870. The maximum Gasteiger partial charge on any atom is 0.237 e. The van der Waals surface area contributed by atoms with E-state index in [0.29, 0.717) is 17.5 Å². The minimum atomic E-state index is 0.486. The Morgan fingerprint density at radius 3 is 2.42 bits per heavy atom. The minimum absolute atomic E-state index is 0.486. The number of thioether (sulfide) groups is 1. The van der Waals surface area contributed by atoms with Crippen molar-refractivity contribution in [3.63, 3.8) is 0 Å². The molecule has 2 aromatic carbocycles. The Morgan fingerprint density at radius 2 is 1.65 bits per heavy atom. The first-order valence-corrected chi connectivity index (χ1v) is 10.7. The van der Waals surface area contributed by atoms with Crippen LogP contribution in [-0.4, -0.2) is 29.9 Å². The maximum absolute atomic E-state index is 5.45. The van der Waals surface area contributed by atoms with Crippen molar-refractivity contribution < 1.29 is 4.52 Å². The molecular formula is C23H18N6OS. The lowest BCUT2D eigenvalue weighted by atomic mass is 10.2. The van der Waals surface area contributed by atoms with Gasteiger partial charge in [0.25, 0.3) is 0 Å². The molecule has 0 radical (unpaired) electrons. The third-order valence-corrected chi connectivity index (χ3v) is 5.60. The fourth-order valence-corrected chi connectivity index (χ4v) is 3.91. The zero-order chi connectivity index (χ0) is 21.0. The molecule has 0 aliphatic rings. The number of hydrogen-bond donors (Lipinski definition) is 0. The van der Waals surface area contributed by atoms with Crippen LogP contribution < -0.4 is 0 Å². The van der Waals surface area contributed by atoms with E-state index in [4.69, 9.17) is 4.52 Å². The smallest absolute Gasteiger partial charge is 0.237 e. The van der Waals surface area contributed by atoms with Gasteiger partial charge in [-0.1, -0.05) is 64.9 Å². The van der Waals surface area contributed by atoms with Crippen LogP contribution in [0.2, 0.25) is 0 Å². The van der Waals surface area contributed by atoms with Crippen LogP contribution in [0.15, 0.2) is 88.8 Å². The van der Waals surface area contributed by atoms with E-state index in [0.717, 1.165) is 27.8 Å². The molecule has 0 aliphatic carbocycles.